The highest BCUT2D eigenvalue weighted by Gasteiger charge is 2.11. The molecule has 0 aromatic carbocycles. The van der Waals surface area contributed by atoms with E-state index in [-0.39, 0.29) is 5.15 Å². The van der Waals surface area contributed by atoms with Crippen LogP contribution in [-0.2, 0) is 4.74 Å². The number of aromatic nitrogens is 1. The summed E-state index contributed by atoms with van der Waals surface area (Å²) in [5, 5.41) is 0.186. The van der Waals surface area contributed by atoms with E-state index in [1.54, 1.807) is 12.1 Å². The lowest BCUT2D eigenvalue weighted by Gasteiger charge is -2.08. The monoisotopic (exact) mass is 243 g/mol. The average Bonchev–Trinajstić information content (AvgIpc) is 2.24. The molecule has 1 heterocycles. The maximum Gasteiger partial charge on any atom is 0.341 e. The van der Waals surface area contributed by atoms with Gasteiger partial charge in [-0.25, -0.2) is 9.78 Å². The van der Waals surface area contributed by atoms with Gasteiger partial charge < -0.3 is 9.64 Å². The van der Waals surface area contributed by atoms with Crippen LogP contribution in [0.5, 0.6) is 0 Å². The predicted octanol–water partition coefficient (Wildman–Crippen LogP) is 0.426. The molecule has 0 amide bonds. The fraction of sp³-hybridized carbons (Fsp3) is 0.455. The summed E-state index contributed by atoms with van der Waals surface area (Å²) in [5.74, 6) is -0.410. The number of halogens is 1. The zero-order valence-corrected chi connectivity index (χ0v) is 10.3. The van der Waals surface area contributed by atoms with Gasteiger partial charge in [0.2, 0.25) is 0 Å². The summed E-state index contributed by atoms with van der Waals surface area (Å²) in [7, 11) is 4.11. The minimum absolute atomic E-state index is 0.186. The van der Waals surface area contributed by atoms with E-state index >= 15 is 0 Å². The summed E-state index contributed by atoms with van der Waals surface area (Å²) in [6.07, 6.45) is 2.38. The van der Waals surface area contributed by atoms with E-state index in [0.717, 1.165) is 13.0 Å². The van der Waals surface area contributed by atoms with Crippen LogP contribution in [0.4, 0.5) is 0 Å². The van der Waals surface area contributed by atoms with Crippen LogP contribution in [0, 0.1) is 0 Å². The summed E-state index contributed by atoms with van der Waals surface area (Å²) in [6, 6.07) is 3.27. The van der Waals surface area contributed by atoms with Gasteiger partial charge in [0.25, 0.3) is 0 Å². The van der Waals surface area contributed by atoms with Crippen LogP contribution in [0.25, 0.3) is 0 Å². The second-order valence-corrected chi connectivity index (χ2v) is 4.15. The molecule has 0 bridgehead atoms. The van der Waals surface area contributed by atoms with E-state index in [2.05, 4.69) is 19.1 Å². The van der Waals surface area contributed by atoms with Crippen LogP contribution in [0.3, 0.4) is 0 Å². The Kier molecular flexibility index (Phi) is 5.22. The van der Waals surface area contributed by atoms with E-state index < -0.39 is 5.97 Å². The van der Waals surface area contributed by atoms with E-state index in [1.165, 1.54) is 11.1 Å². The largest absolute Gasteiger partial charge is 0.462 e. The zero-order chi connectivity index (χ0) is 12.0. The summed E-state index contributed by atoms with van der Waals surface area (Å²) >= 11 is 5.77. The van der Waals surface area contributed by atoms with Gasteiger partial charge in [0.1, 0.15) is 5.15 Å². The number of carbonyl (C=O) groups is 1. The third-order valence-electron chi connectivity index (χ3n) is 2.03. The lowest BCUT2D eigenvalue weighted by molar-refractivity contribution is -0.858. The number of esters is 1. The normalized spacial score (nSPS) is 10.5. The van der Waals surface area contributed by atoms with Crippen molar-refractivity contribution in [1.29, 1.82) is 0 Å². The lowest BCUT2D eigenvalue weighted by Crippen LogP contribution is -3.05. The molecule has 0 aliphatic rings. The first kappa shape index (κ1) is 12.9. The van der Waals surface area contributed by atoms with Crippen molar-refractivity contribution < 1.29 is 14.4 Å². The number of nitrogens with one attached hydrogen (secondary N) is 1. The molecule has 1 aromatic heterocycles. The Morgan fingerprint density at radius 3 is 2.94 bits per heavy atom. The maximum atomic E-state index is 11.6. The van der Waals surface area contributed by atoms with Crippen molar-refractivity contribution in [3.05, 3.63) is 29.0 Å². The fourth-order valence-electron chi connectivity index (χ4n) is 1.21. The number of hydrogen-bond donors (Lipinski definition) is 1. The van der Waals surface area contributed by atoms with E-state index in [4.69, 9.17) is 16.3 Å². The highest BCUT2D eigenvalue weighted by atomic mass is 35.5. The Hall–Kier alpha value is -1.13. The number of quaternary nitrogens is 1. The quantitative estimate of drug-likeness (QED) is 0.463. The molecule has 0 spiro atoms. The number of rotatable bonds is 5. The minimum atomic E-state index is -0.410. The van der Waals surface area contributed by atoms with Crippen LogP contribution >= 0.6 is 11.6 Å². The summed E-state index contributed by atoms with van der Waals surface area (Å²) in [5.41, 5.74) is 0.321. The second kappa shape index (κ2) is 6.45. The van der Waals surface area contributed by atoms with Gasteiger partial charge in [-0.15, -0.1) is 0 Å². The SMILES string of the molecule is C[NH+](C)CCCOC(=O)c1cccnc1Cl. The van der Waals surface area contributed by atoms with E-state index in [1.807, 2.05) is 0 Å². The highest BCUT2D eigenvalue weighted by molar-refractivity contribution is 6.32. The number of hydrogen-bond acceptors (Lipinski definition) is 3. The molecular formula is C11H16ClN2O2+. The Balaban J connectivity index is 2.39. The molecule has 16 heavy (non-hydrogen) atoms. The molecule has 1 rings (SSSR count). The standard InChI is InChI=1S/C11H15ClN2O2/c1-14(2)7-4-8-16-11(15)9-5-3-6-13-10(9)12/h3,5-6H,4,7-8H2,1-2H3/p+1. The van der Waals surface area contributed by atoms with Crippen molar-refractivity contribution in [1.82, 2.24) is 4.98 Å². The summed E-state index contributed by atoms with van der Waals surface area (Å²) < 4.78 is 5.08. The molecule has 0 saturated heterocycles. The molecule has 4 nitrogen and oxygen atoms in total. The van der Waals surface area contributed by atoms with Crippen molar-refractivity contribution >= 4 is 17.6 Å². The molecule has 0 saturated carbocycles. The molecule has 0 aliphatic heterocycles. The first-order valence-corrected chi connectivity index (χ1v) is 5.55. The molecule has 0 fully saturated rings. The third kappa shape index (κ3) is 4.16. The molecule has 5 heteroatoms. The van der Waals surface area contributed by atoms with Crippen LogP contribution in [-0.4, -0.2) is 38.2 Å². The molecule has 1 aromatic rings. The Labute approximate surface area is 100 Å². The first-order valence-electron chi connectivity index (χ1n) is 5.18. The Bertz CT molecular complexity index is 356. The molecule has 0 atom stereocenters. The van der Waals surface area contributed by atoms with Crippen LogP contribution < -0.4 is 4.90 Å². The molecule has 0 radical (unpaired) electrons. The molecule has 1 N–H and O–H groups in total. The smallest absolute Gasteiger partial charge is 0.341 e. The number of pyridine rings is 1. The third-order valence-corrected chi connectivity index (χ3v) is 2.33. The van der Waals surface area contributed by atoms with Crippen LogP contribution in [0.15, 0.2) is 18.3 Å². The average molecular weight is 244 g/mol. The lowest BCUT2D eigenvalue weighted by atomic mass is 10.3. The van der Waals surface area contributed by atoms with Crippen molar-refractivity contribution in [3.8, 4) is 0 Å². The zero-order valence-electron chi connectivity index (χ0n) is 9.50. The van der Waals surface area contributed by atoms with E-state index in [9.17, 15) is 4.79 Å². The van der Waals surface area contributed by atoms with E-state index in [0.29, 0.717) is 12.2 Å². The van der Waals surface area contributed by atoms with Gasteiger partial charge in [-0.1, -0.05) is 11.6 Å². The van der Waals surface area contributed by atoms with Crippen molar-refractivity contribution in [3.63, 3.8) is 0 Å². The number of carbonyl (C=O) groups excluding carboxylic acids is 1. The number of nitrogens with zero attached hydrogens (tertiary/aromatic N) is 1. The Morgan fingerprint density at radius 1 is 1.56 bits per heavy atom. The van der Waals surface area contributed by atoms with Gasteiger partial charge in [-0.05, 0) is 12.1 Å². The fourth-order valence-corrected chi connectivity index (χ4v) is 1.40. The molecular weight excluding hydrogens is 228 g/mol. The van der Waals surface area contributed by atoms with Gasteiger partial charge in [0, 0.05) is 12.6 Å². The van der Waals surface area contributed by atoms with Crippen LogP contribution in [0.1, 0.15) is 16.8 Å². The van der Waals surface area contributed by atoms with Crippen LogP contribution in [0.2, 0.25) is 5.15 Å². The molecule has 0 aliphatic carbocycles. The molecule has 0 unspecified atom stereocenters. The predicted molar refractivity (Wildman–Crippen MR) is 61.8 cm³/mol. The van der Waals surface area contributed by atoms with Gasteiger partial charge in [0.05, 0.1) is 32.8 Å². The van der Waals surface area contributed by atoms with Gasteiger partial charge in [0.15, 0.2) is 0 Å². The van der Waals surface area contributed by atoms with Crippen molar-refractivity contribution in [2.45, 2.75) is 6.42 Å². The van der Waals surface area contributed by atoms with Gasteiger partial charge in [-0.3, -0.25) is 0 Å². The Morgan fingerprint density at radius 2 is 2.31 bits per heavy atom. The van der Waals surface area contributed by atoms with Gasteiger partial charge in [-0.2, -0.15) is 0 Å². The molecule has 88 valence electrons. The first-order chi connectivity index (χ1) is 7.61. The summed E-state index contributed by atoms with van der Waals surface area (Å²) in [6.45, 7) is 1.38. The van der Waals surface area contributed by atoms with Crippen molar-refractivity contribution in [2.24, 2.45) is 0 Å². The maximum absolute atomic E-state index is 11.6. The minimum Gasteiger partial charge on any atom is -0.462 e. The van der Waals surface area contributed by atoms with Gasteiger partial charge >= 0.3 is 5.97 Å². The summed E-state index contributed by atoms with van der Waals surface area (Å²) in [4.78, 5) is 16.7. The second-order valence-electron chi connectivity index (χ2n) is 3.79. The highest BCUT2D eigenvalue weighted by Crippen LogP contribution is 2.12. The van der Waals surface area contributed by atoms with Crippen molar-refractivity contribution in [2.75, 3.05) is 27.2 Å². The topological polar surface area (TPSA) is 43.6 Å². The number of ether oxygens (including phenoxy) is 1.